The van der Waals surface area contributed by atoms with Gasteiger partial charge in [-0.15, -0.1) is 22.7 Å². The Balaban J connectivity index is 1.22. The second kappa shape index (κ2) is 33.7. The maximum atomic E-state index is 12.7. The monoisotopic (exact) mass is 1460 g/mol. The third-order valence-electron chi connectivity index (χ3n) is 21.5. The lowest BCUT2D eigenvalue weighted by atomic mass is 9.50. The minimum Gasteiger partial charge on any atom is -0.493 e. The average molecular weight is 1470 g/mol. The van der Waals surface area contributed by atoms with E-state index in [-0.39, 0.29) is 21.7 Å². The van der Waals surface area contributed by atoms with Crippen molar-refractivity contribution < 1.29 is 9.47 Å². The molecule has 4 heterocycles. The van der Waals surface area contributed by atoms with E-state index >= 15 is 0 Å². The molecular weight excluding hydrogens is 1350 g/mol. The molecule has 0 radical (unpaired) electrons. The fraction of sp³-hybridized carbons (Fsp3) is 0.375. The highest BCUT2D eigenvalue weighted by molar-refractivity contribution is 7.20. The van der Waals surface area contributed by atoms with E-state index in [9.17, 15) is 10.5 Å². The molecule has 0 amide bonds. The van der Waals surface area contributed by atoms with Crippen LogP contribution in [-0.4, -0.2) is 45.8 Å². The number of nitrogens with zero attached hydrogens (tertiary/aromatic N) is 6. The SMILES string of the molecule is CC(CCC(COc1ccc(-c2c3/c(=C(\C#N)c4nc5ccccc5s4)n(B(c4ccccc4)c4ccccc4)c(-c4ccc(OCC(CCC(C)CC(C)(C)C)C(C)CC(C)(C)C)cc4)c3/c(=C(\C#N)c3nc4ccccc4s3)n2B(c2ccccc2)c2ccccc2)cc1)C(C)CC(C)(C)C)CC(C)(C)C. The van der Waals surface area contributed by atoms with Crippen molar-refractivity contribution in [3.63, 3.8) is 0 Å². The van der Waals surface area contributed by atoms with Gasteiger partial charge in [0.1, 0.15) is 44.8 Å². The molecule has 0 aliphatic heterocycles. The van der Waals surface area contributed by atoms with Crippen LogP contribution in [-0.2, 0) is 0 Å². The van der Waals surface area contributed by atoms with E-state index in [1.54, 1.807) is 0 Å². The van der Waals surface area contributed by atoms with E-state index in [1.807, 2.05) is 36.4 Å². The first-order valence-corrected chi connectivity index (χ1v) is 41.0. The smallest absolute Gasteiger partial charge is 0.328 e. The Morgan fingerprint density at radius 2 is 0.685 bits per heavy atom. The molecule has 0 spiro atoms. The van der Waals surface area contributed by atoms with Gasteiger partial charge in [0, 0.05) is 22.2 Å². The number of hydrogen-bond donors (Lipinski definition) is 0. The summed E-state index contributed by atoms with van der Waals surface area (Å²) in [6.07, 6.45) is 8.98. The highest BCUT2D eigenvalue weighted by atomic mass is 32.1. The quantitative estimate of drug-likeness (QED) is 0.0453. The Kier molecular flexibility index (Phi) is 24.5. The highest BCUT2D eigenvalue weighted by Gasteiger charge is 2.39. The summed E-state index contributed by atoms with van der Waals surface area (Å²) in [6.45, 7) is 38.0. The van der Waals surface area contributed by atoms with Crippen LogP contribution in [0.5, 0.6) is 11.5 Å². The summed E-state index contributed by atoms with van der Waals surface area (Å²) in [5.74, 6) is 4.30. The van der Waals surface area contributed by atoms with Crippen LogP contribution in [0.15, 0.2) is 218 Å². The van der Waals surface area contributed by atoms with Crippen LogP contribution in [0.4, 0.5) is 0 Å². The topological polar surface area (TPSA) is 102 Å². The molecule has 12 rings (SSSR count). The minimum atomic E-state index is -0.550. The normalized spacial score (nSPS) is 14.5. The van der Waals surface area contributed by atoms with E-state index in [0.717, 1.165) is 126 Å². The number of fused-ring (bicyclic) bond motifs is 3. The van der Waals surface area contributed by atoms with Crippen molar-refractivity contribution in [2.45, 2.75) is 162 Å². The van der Waals surface area contributed by atoms with E-state index < -0.39 is 13.7 Å². The third kappa shape index (κ3) is 18.9. The molecule has 0 aliphatic rings. The molecule has 0 aliphatic carbocycles. The number of rotatable bonds is 28. The summed E-state index contributed by atoms with van der Waals surface area (Å²) in [7, 11) is 0. The lowest BCUT2D eigenvalue weighted by Gasteiger charge is -2.31. The zero-order chi connectivity index (χ0) is 76.7. The van der Waals surface area contributed by atoms with Crippen LogP contribution in [0.2, 0.25) is 0 Å². The number of benzene rings is 8. The number of hydrogen-bond acceptors (Lipinski definition) is 8. The Bertz CT molecular complexity index is 4740. The van der Waals surface area contributed by atoms with Gasteiger partial charge in [0.2, 0.25) is 0 Å². The van der Waals surface area contributed by atoms with Crippen LogP contribution in [0.3, 0.4) is 0 Å². The van der Waals surface area contributed by atoms with Gasteiger partial charge < -0.3 is 18.4 Å². The van der Waals surface area contributed by atoms with Gasteiger partial charge in [0.15, 0.2) is 0 Å². The molecule has 6 unspecified atom stereocenters. The third-order valence-corrected chi connectivity index (χ3v) is 23.6. The van der Waals surface area contributed by atoms with Crippen molar-refractivity contribution in [1.29, 1.82) is 10.5 Å². The Morgan fingerprint density at radius 1 is 0.389 bits per heavy atom. The molecule has 4 aromatic heterocycles. The zero-order valence-corrected chi connectivity index (χ0v) is 68.4. The number of aromatic nitrogens is 4. The van der Waals surface area contributed by atoms with Crippen molar-refractivity contribution in [1.82, 2.24) is 18.9 Å². The van der Waals surface area contributed by atoms with Crippen LogP contribution >= 0.6 is 22.7 Å². The van der Waals surface area contributed by atoms with Crippen LogP contribution < -0.4 is 42.0 Å². The zero-order valence-electron chi connectivity index (χ0n) is 66.8. The second-order valence-electron chi connectivity index (χ2n) is 35.8. The Morgan fingerprint density at radius 3 is 0.972 bits per heavy atom. The summed E-state index contributed by atoms with van der Waals surface area (Å²) >= 11 is 3.05. The van der Waals surface area contributed by atoms with E-state index in [2.05, 4.69) is 314 Å². The molecule has 108 heavy (non-hydrogen) atoms. The van der Waals surface area contributed by atoms with Gasteiger partial charge in [-0.2, -0.15) is 10.5 Å². The van der Waals surface area contributed by atoms with Gasteiger partial charge in [0.25, 0.3) is 0 Å². The summed E-state index contributed by atoms with van der Waals surface area (Å²) in [6, 6.07) is 82.4. The first-order chi connectivity index (χ1) is 51.6. The van der Waals surface area contributed by atoms with E-state index in [0.29, 0.717) is 80.6 Å². The molecule has 8 nitrogen and oxygen atoms in total. The van der Waals surface area contributed by atoms with E-state index in [1.165, 1.54) is 35.5 Å². The largest absolute Gasteiger partial charge is 0.493 e. The molecule has 6 atom stereocenters. The Hall–Kier alpha value is -9.19. The van der Waals surface area contributed by atoms with Crippen molar-refractivity contribution in [2.75, 3.05) is 13.2 Å². The summed E-state index contributed by atoms with van der Waals surface area (Å²) in [4.78, 5) is 10.9. The number of para-hydroxylation sites is 2. The first kappa shape index (κ1) is 78.4. The molecular formula is C96H110B2N6O2S2. The standard InChI is InChI=1S/C96H110B2N6O2S2/c1-65(57-93(5,6)7)45-47-71(67(3)59-95(11,12)13)63-105-77-53-49-69(50-54-77)87-85-86(90(80(62-100)92-102-82-42-30-32-44-84(82)108-92)103(87)97(73-33-21-17-22-34-73)74-35-23-18-24-36-74)88(70-51-55-78(56-52-70)106-64-72(68(4)60-96(14,15)16)48-46-66(2)58-94(8,9)10)104(98(75-37-25-19-26-38-75)76-39-27-20-28-40-76)89(85)79(61-99)91-101-81-41-29-31-43-83(81)107-91/h17-44,49-56,65-68,71-72H,45-48,57-60,63-64H2,1-16H3/b89-79-,90-80-. The lowest BCUT2D eigenvalue weighted by molar-refractivity contribution is 0.147. The van der Waals surface area contributed by atoms with Crippen molar-refractivity contribution >= 4 is 101 Å². The molecule has 0 saturated heterocycles. The Labute approximate surface area is 652 Å². The predicted molar refractivity (Wildman–Crippen MR) is 462 cm³/mol. The molecule has 12 aromatic rings. The lowest BCUT2D eigenvalue weighted by Crippen LogP contribution is -2.54. The van der Waals surface area contributed by atoms with Crippen molar-refractivity contribution in [3.05, 3.63) is 239 Å². The molecule has 0 bridgehead atoms. The molecule has 554 valence electrons. The van der Waals surface area contributed by atoms with Crippen molar-refractivity contribution in [2.24, 2.45) is 57.2 Å². The number of ether oxygens (including phenoxy) is 2. The van der Waals surface area contributed by atoms with Crippen LogP contribution in [0.25, 0.3) is 64.9 Å². The van der Waals surface area contributed by atoms with Gasteiger partial charge >= 0.3 is 13.7 Å². The van der Waals surface area contributed by atoms with Crippen molar-refractivity contribution in [3.8, 4) is 46.2 Å². The summed E-state index contributed by atoms with van der Waals surface area (Å²) in [5, 5.41) is 29.6. The fourth-order valence-electron chi connectivity index (χ4n) is 17.3. The van der Waals surface area contributed by atoms with Gasteiger partial charge in [0.05, 0.1) is 44.3 Å². The van der Waals surface area contributed by atoms with Crippen LogP contribution in [0, 0.1) is 79.8 Å². The molecule has 0 N–H and O–H groups in total. The van der Waals surface area contributed by atoms with E-state index in [4.69, 9.17) is 19.4 Å². The molecule has 0 fully saturated rings. The summed E-state index contributed by atoms with van der Waals surface area (Å²) < 4.78 is 21.1. The predicted octanol–water partition coefficient (Wildman–Crippen LogP) is 21.6. The fourth-order valence-corrected chi connectivity index (χ4v) is 19.2. The minimum absolute atomic E-state index is 0.162. The first-order valence-electron chi connectivity index (χ1n) is 39.4. The maximum absolute atomic E-state index is 12.7. The number of nitriles is 2. The van der Waals surface area contributed by atoms with Crippen LogP contribution in [0.1, 0.15) is 172 Å². The molecule has 8 aromatic carbocycles. The van der Waals surface area contributed by atoms with Gasteiger partial charge in [-0.25, -0.2) is 9.97 Å². The number of thiazole rings is 2. The van der Waals surface area contributed by atoms with Gasteiger partial charge in [-0.05, 0) is 180 Å². The average Bonchev–Trinajstić information content (AvgIpc) is 1.52. The highest BCUT2D eigenvalue weighted by Crippen LogP contribution is 2.42. The molecule has 12 heteroatoms. The molecule has 0 saturated carbocycles. The summed E-state index contributed by atoms with van der Waals surface area (Å²) in [5.41, 5.74) is 10.7. The van der Waals surface area contributed by atoms with Gasteiger partial charge in [-0.1, -0.05) is 291 Å². The maximum Gasteiger partial charge on any atom is 0.328 e. The van der Waals surface area contributed by atoms with Gasteiger partial charge in [-0.3, -0.25) is 0 Å². The second-order valence-corrected chi connectivity index (χ2v) is 37.9.